The maximum atomic E-state index is 13.4. The molecule has 3 aromatic rings. The molecule has 1 aliphatic heterocycles. The number of hydrogen-bond donors (Lipinski definition) is 1. The molecule has 0 saturated carbocycles. The summed E-state index contributed by atoms with van der Waals surface area (Å²) in [6.45, 7) is 4.40. The molecule has 0 atom stereocenters. The summed E-state index contributed by atoms with van der Waals surface area (Å²) >= 11 is 13.3. The van der Waals surface area contributed by atoms with Gasteiger partial charge < -0.3 is 24.2 Å². The molecule has 4 rings (SSSR count). The Bertz CT molecular complexity index is 1510. The van der Waals surface area contributed by atoms with Gasteiger partial charge in [-0.25, -0.2) is 4.79 Å². The molecule has 1 fully saturated rings. The van der Waals surface area contributed by atoms with Gasteiger partial charge in [-0.1, -0.05) is 47.7 Å². The Morgan fingerprint density at radius 3 is 2.35 bits per heavy atom. The molecule has 1 N–H and O–H groups in total. The van der Waals surface area contributed by atoms with Crippen molar-refractivity contribution >= 4 is 57.9 Å². The molecule has 0 aliphatic carbocycles. The number of thiocarbonyl (C=S) groups is 1. The normalized spacial score (nSPS) is 14.1. The fourth-order valence-corrected chi connectivity index (χ4v) is 5.74. The fourth-order valence-electron chi connectivity index (χ4n) is 4.20. The van der Waals surface area contributed by atoms with Gasteiger partial charge in [-0.2, -0.15) is 0 Å². The van der Waals surface area contributed by atoms with Crippen molar-refractivity contribution in [3.8, 4) is 28.4 Å². The predicted molar refractivity (Wildman–Crippen MR) is 175 cm³/mol. The van der Waals surface area contributed by atoms with Crippen molar-refractivity contribution in [1.29, 1.82) is 0 Å². The van der Waals surface area contributed by atoms with Gasteiger partial charge in [-0.15, -0.1) is 0 Å². The van der Waals surface area contributed by atoms with Crippen LogP contribution in [0, 0.1) is 0 Å². The van der Waals surface area contributed by atoms with Gasteiger partial charge in [0.15, 0.2) is 0 Å². The third-order valence-corrected chi connectivity index (χ3v) is 8.10. The van der Waals surface area contributed by atoms with E-state index in [1.165, 1.54) is 23.9 Å². The summed E-state index contributed by atoms with van der Waals surface area (Å²) in [6.07, 6.45) is 2.37. The molecule has 43 heavy (non-hydrogen) atoms. The summed E-state index contributed by atoms with van der Waals surface area (Å²) in [5.41, 5.74) is 2.78. The summed E-state index contributed by atoms with van der Waals surface area (Å²) in [5, 5.41) is 9.56. The Hall–Kier alpha value is -3.57. The first kappa shape index (κ1) is 32.3. The van der Waals surface area contributed by atoms with Crippen LogP contribution in [0.1, 0.15) is 29.3 Å². The number of nitrogens with zero attached hydrogens (tertiary/aromatic N) is 2. The Labute approximate surface area is 266 Å². The van der Waals surface area contributed by atoms with Gasteiger partial charge in [-0.05, 0) is 93.2 Å². The van der Waals surface area contributed by atoms with Gasteiger partial charge in [0.1, 0.15) is 28.2 Å². The summed E-state index contributed by atoms with van der Waals surface area (Å²) in [4.78, 5) is 28.5. The number of aromatic carboxylic acids is 1. The van der Waals surface area contributed by atoms with Gasteiger partial charge in [0.05, 0.1) is 28.7 Å². The molecule has 0 radical (unpaired) electrons. The largest absolute Gasteiger partial charge is 0.494 e. The van der Waals surface area contributed by atoms with E-state index in [0.717, 1.165) is 23.2 Å². The lowest BCUT2D eigenvalue weighted by Gasteiger charge is -2.15. The monoisotopic (exact) mass is 640 g/mol. The zero-order valence-electron chi connectivity index (χ0n) is 24.2. The first-order valence-corrected chi connectivity index (χ1v) is 15.3. The number of ether oxygens (including phenoxy) is 3. The summed E-state index contributed by atoms with van der Waals surface area (Å²) in [6, 6.07) is 17.7. The minimum absolute atomic E-state index is 0.172. The maximum absolute atomic E-state index is 13.4. The van der Waals surface area contributed by atoms with E-state index >= 15 is 0 Å². The number of carbonyl (C=O) groups excluding carboxylic acids is 1. The number of carboxylic acids is 1. The number of halogens is 1. The van der Waals surface area contributed by atoms with Crippen LogP contribution in [0.5, 0.6) is 17.2 Å². The smallest absolute Gasteiger partial charge is 0.335 e. The van der Waals surface area contributed by atoms with Crippen LogP contribution < -0.4 is 14.2 Å². The molecule has 0 aromatic heterocycles. The van der Waals surface area contributed by atoms with Gasteiger partial charge in [0.2, 0.25) is 0 Å². The second-order valence-electron chi connectivity index (χ2n) is 9.85. The van der Waals surface area contributed by atoms with E-state index in [1.54, 1.807) is 17.0 Å². The predicted octanol–water partition coefficient (Wildman–Crippen LogP) is 6.71. The van der Waals surface area contributed by atoms with Crippen LogP contribution in [0.4, 0.5) is 0 Å². The zero-order valence-corrected chi connectivity index (χ0v) is 26.6. The second kappa shape index (κ2) is 15.2. The quantitative estimate of drug-likeness (QED) is 0.117. The lowest BCUT2D eigenvalue weighted by atomic mass is 10.0. The highest BCUT2D eigenvalue weighted by Crippen LogP contribution is 2.37. The first-order valence-electron chi connectivity index (χ1n) is 13.7. The Morgan fingerprint density at radius 1 is 1.00 bits per heavy atom. The van der Waals surface area contributed by atoms with Crippen molar-refractivity contribution in [3.63, 3.8) is 0 Å². The Morgan fingerprint density at radius 2 is 1.70 bits per heavy atom. The van der Waals surface area contributed by atoms with Crippen molar-refractivity contribution in [1.82, 2.24) is 9.80 Å². The molecule has 0 spiro atoms. The first-order chi connectivity index (χ1) is 20.7. The fraction of sp³-hybridized carbons (Fsp3) is 0.281. The average molecular weight is 641 g/mol. The Kier molecular flexibility index (Phi) is 11.5. The molecule has 1 aliphatic rings. The van der Waals surface area contributed by atoms with Crippen molar-refractivity contribution < 1.29 is 28.9 Å². The average Bonchev–Trinajstić information content (AvgIpc) is 3.24. The van der Waals surface area contributed by atoms with Gasteiger partial charge in [-0.3, -0.25) is 9.69 Å². The van der Waals surface area contributed by atoms with Gasteiger partial charge in [0, 0.05) is 18.7 Å². The lowest BCUT2D eigenvalue weighted by molar-refractivity contribution is -0.122. The highest BCUT2D eigenvalue weighted by Gasteiger charge is 2.32. The summed E-state index contributed by atoms with van der Waals surface area (Å²) in [7, 11) is 3.96. The maximum Gasteiger partial charge on any atom is 0.335 e. The second-order valence-corrected chi connectivity index (χ2v) is 11.9. The van der Waals surface area contributed by atoms with Crippen molar-refractivity contribution in [3.05, 3.63) is 81.7 Å². The molecule has 11 heteroatoms. The lowest BCUT2D eigenvalue weighted by Crippen LogP contribution is -2.29. The zero-order chi connectivity index (χ0) is 30.9. The summed E-state index contributed by atoms with van der Waals surface area (Å²) in [5.74, 6) is 0.686. The molecular weight excluding hydrogens is 608 g/mol. The molecule has 0 unspecified atom stereocenters. The molecule has 1 saturated heterocycles. The highest BCUT2D eigenvalue weighted by atomic mass is 35.5. The van der Waals surface area contributed by atoms with E-state index in [1.807, 2.05) is 68.4 Å². The topological polar surface area (TPSA) is 88.5 Å². The molecule has 3 aromatic carbocycles. The van der Waals surface area contributed by atoms with E-state index in [-0.39, 0.29) is 11.5 Å². The number of amides is 1. The van der Waals surface area contributed by atoms with E-state index in [2.05, 4.69) is 0 Å². The third-order valence-electron chi connectivity index (χ3n) is 6.43. The van der Waals surface area contributed by atoms with E-state index in [9.17, 15) is 9.59 Å². The van der Waals surface area contributed by atoms with Crippen LogP contribution in [0.3, 0.4) is 0 Å². The van der Waals surface area contributed by atoms with Crippen LogP contribution in [-0.4, -0.2) is 78.1 Å². The minimum Gasteiger partial charge on any atom is -0.494 e. The number of carboxylic acid groups (broad SMARTS) is 1. The Balaban J connectivity index is 1.49. The molecule has 8 nitrogen and oxygen atoms in total. The van der Waals surface area contributed by atoms with Gasteiger partial charge in [0.25, 0.3) is 5.91 Å². The van der Waals surface area contributed by atoms with E-state index < -0.39 is 5.97 Å². The SMILES string of the molecule is CCOc1ccc(-c2ccc(OCCN(C)C)c(/C=C3\SC(=S)N(CCCOc4ccc(C(=O)O)cc4)C3=O)c2)cc1Cl. The highest BCUT2D eigenvalue weighted by molar-refractivity contribution is 8.26. The van der Waals surface area contributed by atoms with Crippen LogP contribution in [0.25, 0.3) is 17.2 Å². The van der Waals surface area contributed by atoms with E-state index in [0.29, 0.717) is 64.3 Å². The number of likely N-dealkylation sites (N-methyl/N-ethyl adjacent to an activating group) is 1. The number of carbonyl (C=O) groups is 2. The molecule has 226 valence electrons. The van der Waals surface area contributed by atoms with Gasteiger partial charge >= 0.3 is 5.97 Å². The molecule has 0 bridgehead atoms. The third kappa shape index (κ3) is 8.73. The van der Waals surface area contributed by atoms with Crippen molar-refractivity contribution in [2.45, 2.75) is 13.3 Å². The van der Waals surface area contributed by atoms with Crippen molar-refractivity contribution in [2.24, 2.45) is 0 Å². The van der Waals surface area contributed by atoms with Crippen LogP contribution >= 0.6 is 35.6 Å². The standard InChI is InChI=1S/C32H33ClN2O6S2/c1-4-39-28-13-9-23(19-26(28)33)22-8-12-27(41-17-15-34(2)3)24(18-22)20-29-30(36)35(32(42)43-29)14-5-16-40-25-10-6-21(7-11-25)31(37)38/h6-13,18-20H,4-5,14-17H2,1-3H3,(H,37,38)/b29-20-. The van der Waals surface area contributed by atoms with Crippen molar-refractivity contribution in [2.75, 3.05) is 47.0 Å². The number of hydrogen-bond acceptors (Lipinski definition) is 8. The van der Waals surface area contributed by atoms with Crippen LogP contribution in [0.2, 0.25) is 5.02 Å². The number of rotatable bonds is 14. The van der Waals surface area contributed by atoms with Crippen LogP contribution in [0.15, 0.2) is 65.6 Å². The summed E-state index contributed by atoms with van der Waals surface area (Å²) < 4.78 is 17.9. The molecule has 1 amide bonds. The number of benzene rings is 3. The van der Waals surface area contributed by atoms with E-state index in [4.69, 9.17) is 43.1 Å². The molecule has 1 heterocycles. The number of thioether (sulfide) groups is 1. The minimum atomic E-state index is -0.992. The van der Waals surface area contributed by atoms with Crippen LogP contribution in [-0.2, 0) is 4.79 Å². The molecular formula is C32H33ClN2O6S2.